The molecule has 8 heteroatoms. The van der Waals surface area contributed by atoms with E-state index < -0.39 is 0 Å². The largest absolute Gasteiger partial charge is 0.493 e. The van der Waals surface area contributed by atoms with Crippen LogP contribution in [0.2, 0.25) is 0 Å². The SMILES string of the molecule is COc1cc(C=NNc2nc(C)cs2)ccc1OCC(=O)NC1CCCCC1. The third kappa shape index (κ3) is 5.95. The van der Waals surface area contributed by atoms with Gasteiger partial charge in [-0.3, -0.25) is 10.2 Å². The highest BCUT2D eigenvalue weighted by Gasteiger charge is 2.16. The molecule has 0 radical (unpaired) electrons. The number of hydrazone groups is 1. The highest BCUT2D eigenvalue weighted by atomic mass is 32.1. The number of nitrogens with zero attached hydrogens (tertiary/aromatic N) is 2. The topological polar surface area (TPSA) is 84.8 Å². The van der Waals surface area contributed by atoms with E-state index in [-0.39, 0.29) is 18.6 Å². The van der Waals surface area contributed by atoms with Gasteiger partial charge in [0.05, 0.1) is 19.0 Å². The Morgan fingerprint density at radius 1 is 1.32 bits per heavy atom. The number of thiazole rings is 1. The van der Waals surface area contributed by atoms with E-state index in [0.29, 0.717) is 11.5 Å². The fourth-order valence-electron chi connectivity index (χ4n) is 3.11. The number of benzene rings is 1. The number of aryl methyl sites for hydroxylation is 1. The average Bonchev–Trinajstić information content (AvgIpc) is 3.12. The van der Waals surface area contributed by atoms with E-state index in [1.54, 1.807) is 19.4 Å². The molecule has 0 unspecified atom stereocenters. The molecule has 0 atom stereocenters. The van der Waals surface area contributed by atoms with Gasteiger partial charge in [0, 0.05) is 11.4 Å². The molecule has 0 spiro atoms. The molecule has 1 aliphatic carbocycles. The Morgan fingerprint density at radius 2 is 2.14 bits per heavy atom. The Kier molecular flexibility index (Phi) is 7.25. The van der Waals surface area contributed by atoms with Gasteiger partial charge < -0.3 is 14.8 Å². The van der Waals surface area contributed by atoms with Crippen LogP contribution in [0.5, 0.6) is 11.5 Å². The van der Waals surface area contributed by atoms with Crippen LogP contribution in [0.4, 0.5) is 5.13 Å². The smallest absolute Gasteiger partial charge is 0.258 e. The van der Waals surface area contributed by atoms with E-state index in [1.165, 1.54) is 30.6 Å². The second-order valence-electron chi connectivity index (χ2n) is 6.77. The second-order valence-corrected chi connectivity index (χ2v) is 7.62. The number of ether oxygens (including phenoxy) is 2. The Bertz CT molecular complexity index is 816. The fraction of sp³-hybridized carbons (Fsp3) is 0.450. The average molecular weight is 403 g/mol. The van der Waals surface area contributed by atoms with Crippen molar-refractivity contribution in [2.75, 3.05) is 19.1 Å². The maximum absolute atomic E-state index is 12.1. The quantitative estimate of drug-likeness (QED) is 0.519. The summed E-state index contributed by atoms with van der Waals surface area (Å²) < 4.78 is 11.0. The zero-order valence-electron chi connectivity index (χ0n) is 16.2. The van der Waals surface area contributed by atoms with E-state index in [2.05, 4.69) is 20.8 Å². The van der Waals surface area contributed by atoms with Crippen molar-refractivity contribution in [1.82, 2.24) is 10.3 Å². The summed E-state index contributed by atoms with van der Waals surface area (Å²) in [5.41, 5.74) is 4.70. The molecule has 1 heterocycles. The number of rotatable bonds is 8. The maximum Gasteiger partial charge on any atom is 0.258 e. The number of carbonyl (C=O) groups is 1. The van der Waals surface area contributed by atoms with Gasteiger partial charge in [-0.05, 0) is 43.5 Å². The van der Waals surface area contributed by atoms with Crippen LogP contribution in [0.1, 0.15) is 43.4 Å². The van der Waals surface area contributed by atoms with Crippen LogP contribution >= 0.6 is 11.3 Å². The molecule has 1 aromatic heterocycles. The minimum Gasteiger partial charge on any atom is -0.493 e. The van der Waals surface area contributed by atoms with Crippen molar-refractivity contribution in [2.24, 2.45) is 5.10 Å². The summed E-state index contributed by atoms with van der Waals surface area (Å²) in [6.07, 6.45) is 7.40. The number of carbonyl (C=O) groups excluding carboxylic acids is 1. The fourth-order valence-corrected chi connectivity index (χ4v) is 3.75. The van der Waals surface area contributed by atoms with Crippen molar-refractivity contribution in [1.29, 1.82) is 0 Å². The third-order valence-corrected chi connectivity index (χ3v) is 5.37. The minimum absolute atomic E-state index is 0.0226. The zero-order valence-corrected chi connectivity index (χ0v) is 17.1. The first-order chi connectivity index (χ1) is 13.6. The molecule has 1 saturated carbocycles. The number of hydrogen-bond acceptors (Lipinski definition) is 7. The summed E-state index contributed by atoms with van der Waals surface area (Å²) in [7, 11) is 1.57. The molecule has 3 rings (SSSR count). The first-order valence-electron chi connectivity index (χ1n) is 9.45. The number of anilines is 1. The molecule has 1 aromatic carbocycles. The molecule has 28 heavy (non-hydrogen) atoms. The molecular weight excluding hydrogens is 376 g/mol. The monoisotopic (exact) mass is 402 g/mol. The predicted octanol–water partition coefficient (Wildman–Crippen LogP) is 3.73. The van der Waals surface area contributed by atoms with Crippen LogP contribution in [-0.4, -0.2) is 36.9 Å². The molecule has 1 fully saturated rings. The van der Waals surface area contributed by atoms with Gasteiger partial charge in [0.2, 0.25) is 5.13 Å². The first kappa shape index (κ1) is 20.1. The highest BCUT2D eigenvalue weighted by molar-refractivity contribution is 7.13. The number of nitrogens with one attached hydrogen (secondary N) is 2. The van der Waals surface area contributed by atoms with Gasteiger partial charge >= 0.3 is 0 Å². The maximum atomic E-state index is 12.1. The van der Waals surface area contributed by atoms with Crippen LogP contribution in [0, 0.1) is 6.92 Å². The van der Waals surface area contributed by atoms with Gasteiger partial charge in [0.15, 0.2) is 18.1 Å². The highest BCUT2D eigenvalue weighted by Crippen LogP contribution is 2.27. The van der Waals surface area contributed by atoms with Gasteiger partial charge in [-0.15, -0.1) is 11.3 Å². The van der Waals surface area contributed by atoms with Crippen molar-refractivity contribution < 1.29 is 14.3 Å². The summed E-state index contributed by atoms with van der Waals surface area (Å²) in [6, 6.07) is 5.73. The molecule has 1 aliphatic rings. The lowest BCUT2D eigenvalue weighted by atomic mass is 9.95. The van der Waals surface area contributed by atoms with E-state index in [9.17, 15) is 4.79 Å². The van der Waals surface area contributed by atoms with Gasteiger partial charge in [0.1, 0.15) is 0 Å². The lowest BCUT2D eigenvalue weighted by molar-refractivity contribution is -0.124. The van der Waals surface area contributed by atoms with Gasteiger partial charge in [0.25, 0.3) is 5.91 Å². The normalized spacial score (nSPS) is 14.8. The molecule has 7 nitrogen and oxygen atoms in total. The van der Waals surface area contributed by atoms with Gasteiger partial charge in [-0.25, -0.2) is 4.98 Å². The van der Waals surface area contributed by atoms with Crippen molar-refractivity contribution in [3.8, 4) is 11.5 Å². The lowest BCUT2D eigenvalue weighted by Crippen LogP contribution is -2.39. The van der Waals surface area contributed by atoms with Crippen LogP contribution in [-0.2, 0) is 4.79 Å². The Hall–Kier alpha value is -2.61. The number of amides is 1. The Balaban J connectivity index is 1.52. The molecule has 0 bridgehead atoms. The van der Waals surface area contributed by atoms with Crippen molar-refractivity contribution in [3.05, 3.63) is 34.8 Å². The molecule has 150 valence electrons. The first-order valence-corrected chi connectivity index (χ1v) is 10.3. The van der Waals surface area contributed by atoms with E-state index in [1.807, 2.05) is 24.4 Å². The molecular formula is C20H26N4O3S. The number of methoxy groups -OCH3 is 1. The third-order valence-electron chi connectivity index (χ3n) is 4.51. The van der Waals surface area contributed by atoms with E-state index >= 15 is 0 Å². The summed E-state index contributed by atoms with van der Waals surface area (Å²) >= 11 is 1.50. The second kappa shape index (κ2) is 10.1. The summed E-state index contributed by atoms with van der Waals surface area (Å²) in [5.74, 6) is 0.990. The van der Waals surface area contributed by atoms with Crippen LogP contribution in [0.25, 0.3) is 0 Å². The molecule has 0 saturated heterocycles. The standard InChI is InChI=1S/C20H26N4O3S/c1-14-13-28-20(22-14)24-21-11-15-8-9-17(18(10-15)26-2)27-12-19(25)23-16-6-4-3-5-7-16/h8-11,13,16H,3-7,12H2,1-2H3,(H,22,24)(H,23,25). The Labute approximate surface area is 169 Å². The van der Waals surface area contributed by atoms with Crippen LogP contribution in [0.3, 0.4) is 0 Å². The number of aromatic nitrogens is 1. The predicted molar refractivity (Wildman–Crippen MR) is 112 cm³/mol. The van der Waals surface area contributed by atoms with E-state index in [4.69, 9.17) is 9.47 Å². The van der Waals surface area contributed by atoms with Crippen molar-refractivity contribution in [3.63, 3.8) is 0 Å². The van der Waals surface area contributed by atoms with Gasteiger partial charge in [-0.2, -0.15) is 5.10 Å². The summed E-state index contributed by atoms with van der Waals surface area (Å²) in [6.45, 7) is 1.91. The zero-order chi connectivity index (χ0) is 19.8. The Morgan fingerprint density at radius 3 is 2.86 bits per heavy atom. The molecule has 2 aromatic rings. The van der Waals surface area contributed by atoms with Gasteiger partial charge in [-0.1, -0.05) is 19.3 Å². The van der Waals surface area contributed by atoms with Crippen molar-refractivity contribution >= 4 is 28.6 Å². The lowest BCUT2D eigenvalue weighted by Gasteiger charge is -2.22. The molecule has 2 N–H and O–H groups in total. The molecule has 0 aliphatic heterocycles. The van der Waals surface area contributed by atoms with Crippen LogP contribution < -0.4 is 20.2 Å². The van der Waals surface area contributed by atoms with E-state index in [0.717, 1.165) is 29.2 Å². The molecule has 1 amide bonds. The van der Waals surface area contributed by atoms with Crippen LogP contribution in [0.15, 0.2) is 28.7 Å². The van der Waals surface area contributed by atoms with Crippen molar-refractivity contribution in [2.45, 2.75) is 45.1 Å². The minimum atomic E-state index is -0.0949. The summed E-state index contributed by atoms with van der Waals surface area (Å²) in [4.78, 5) is 16.4. The summed E-state index contributed by atoms with van der Waals surface area (Å²) in [5, 5.41) is 9.92. The number of hydrogen-bond donors (Lipinski definition) is 2.